The van der Waals surface area contributed by atoms with Crippen LogP contribution in [0.4, 0.5) is 0 Å². The average Bonchev–Trinajstić information content (AvgIpc) is 2.19. The molecule has 0 radical (unpaired) electrons. The predicted molar refractivity (Wildman–Crippen MR) is 64.3 cm³/mol. The Morgan fingerprint density at radius 2 is 2.00 bits per heavy atom. The molecule has 0 fully saturated rings. The summed E-state index contributed by atoms with van der Waals surface area (Å²) in [6.45, 7) is 4.42. The van der Waals surface area contributed by atoms with Crippen molar-refractivity contribution in [3.05, 3.63) is 22.2 Å². The largest absolute Gasteiger partial charge is 0.493 e. The van der Waals surface area contributed by atoms with E-state index in [1.807, 2.05) is 26.0 Å². The van der Waals surface area contributed by atoms with Crippen molar-refractivity contribution in [2.75, 3.05) is 7.11 Å². The van der Waals surface area contributed by atoms with Crippen molar-refractivity contribution in [3.63, 3.8) is 0 Å². The summed E-state index contributed by atoms with van der Waals surface area (Å²) >= 11 is 3.43. The molecule has 0 amide bonds. The summed E-state index contributed by atoms with van der Waals surface area (Å²) in [6.07, 6.45) is 0.116. The van der Waals surface area contributed by atoms with Gasteiger partial charge in [0.1, 0.15) is 0 Å². The second-order valence-electron chi connectivity index (χ2n) is 3.47. The standard InChI is InChI=1S/C11H16BrNO2/c1-7(2)15-11-4-8(6-13)9(12)5-10(11)14-3/h4-5,7H,6,13H2,1-3H3. The zero-order valence-electron chi connectivity index (χ0n) is 9.21. The van der Waals surface area contributed by atoms with Gasteiger partial charge in [-0.2, -0.15) is 0 Å². The third-order valence-corrected chi connectivity index (χ3v) is 2.65. The van der Waals surface area contributed by atoms with Crippen LogP contribution in [-0.2, 0) is 6.54 Å². The van der Waals surface area contributed by atoms with Crippen molar-refractivity contribution in [2.24, 2.45) is 5.73 Å². The van der Waals surface area contributed by atoms with Gasteiger partial charge >= 0.3 is 0 Å². The van der Waals surface area contributed by atoms with Gasteiger partial charge in [-0.25, -0.2) is 0 Å². The first-order chi connectivity index (χ1) is 7.08. The van der Waals surface area contributed by atoms with Gasteiger partial charge in [0.15, 0.2) is 11.5 Å². The molecule has 15 heavy (non-hydrogen) atoms. The molecule has 0 aliphatic heterocycles. The lowest BCUT2D eigenvalue weighted by atomic mass is 10.2. The lowest BCUT2D eigenvalue weighted by molar-refractivity contribution is 0.230. The van der Waals surface area contributed by atoms with Gasteiger partial charge in [0.25, 0.3) is 0 Å². The van der Waals surface area contributed by atoms with E-state index in [4.69, 9.17) is 15.2 Å². The van der Waals surface area contributed by atoms with Gasteiger partial charge in [-0.05, 0) is 31.5 Å². The Labute approximate surface area is 98.7 Å². The zero-order chi connectivity index (χ0) is 11.4. The fourth-order valence-corrected chi connectivity index (χ4v) is 1.72. The summed E-state index contributed by atoms with van der Waals surface area (Å²) < 4.78 is 11.8. The molecule has 0 aliphatic rings. The monoisotopic (exact) mass is 273 g/mol. The topological polar surface area (TPSA) is 44.5 Å². The van der Waals surface area contributed by atoms with Crippen LogP contribution in [-0.4, -0.2) is 13.2 Å². The maximum atomic E-state index is 5.63. The number of halogens is 1. The Morgan fingerprint density at radius 3 is 2.47 bits per heavy atom. The summed E-state index contributed by atoms with van der Waals surface area (Å²) in [6, 6.07) is 3.78. The highest BCUT2D eigenvalue weighted by Gasteiger charge is 2.10. The van der Waals surface area contributed by atoms with Crippen LogP contribution in [0, 0.1) is 0 Å². The maximum absolute atomic E-state index is 5.63. The minimum absolute atomic E-state index is 0.116. The summed E-state index contributed by atoms with van der Waals surface area (Å²) in [5.41, 5.74) is 6.62. The van der Waals surface area contributed by atoms with Crippen molar-refractivity contribution in [3.8, 4) is 11.5 Å². The van der Waals surface area contributed by atoms with Crippen molar-refractivity contribution < 1.29 is 9.47 Å². The normalized spacial score (nSPS) is 10.5. The van der Waals surface area contributed by atoms with Crippen LogP contribution in [0.25, 0.3) is 0 Å². The third kappa shape index (κ3) is 3.11. The van der Waals surface area contributed by atoms with Crippen molar-refractivity contribution in [1.29, 1.82) is 0 Å². The number of rotatable bonds is 4. The Kier molecular flexibility index (Phi) is 4.42. The molecule has 0 saturated heterocycles. The fourth-order valence-electron chi connectivity index (χ4n) is 1.24. The molecular weight excluding hydrogens is 258 g/mol. The molecule has 0 saturated carbocycles. The van der Waals surface area contributed by atoms with E-state index in [2.05, 4.69) is 15.9 Å². The smallest absolute Gasteiger partial charge is 0.161 e. The summed E-state index contributed by atoms with van der Waals surface area (Å²) in [4.78, 5) is 0. The Bertz CT molecular complexity index is 340. The summed E-state index contributed by atoms with van der Waals surface area (Å²) in [5.74, 6) is 1.45. The fraction of sp³-hybridized carbons (Fsp3) is 0.455. The van der Waals surface area contributed by atoms with E-state index in [0.29, 0.717) is 12.3 Å². The van der Waals surface area contributed by atoms with Crippen LogP contribution in [0.15, 0.2) is 16.6 Å². The van der Waals surface area contributed by atoms with Crippen LogP contribution in [0.5, 0.6) is 11.5 Å². The van der Waals surface area contributed by atoms with Crippen LogP contribution in [0.1, 0.15) is 19.4 Å². The molecule has 0 atom stereocenters. The van der Waals surface area contributed by atoms with Crippen LogP contribution >= 0.6 is 15.9 Å². The second kappa shape index (κ2) is 5.37. The molecule has 84 valence electrons. The quantitative estimate of drug-likeness (QED) is 0.918. The molecular formula is C11H16BrNO2. The van der Waals surface area contributed by atoms with Crippen molar-refractivity contribution in [1.82, 2.24) is 0 Å². The summed E-state index contributed by atoms with van der Waals surface area (Å²) in [5, 5.41) is 0. The summed E-state index contributed by atoms with van der Waals surface area (Å²) in [7, 11) is 1.62. The first-order valence-electron chi connectivity index (χ1n) is 4.81. The number of methoxy groups -OCH3 is 1. The molecule has 0 spiro atoms. The molecule has 3 nitrogen and oxygen atoms in total. The van der Waals surface area contributed by atoms with E-state index in [-0.39, 0.29) is 6.10 Å². The molecule has 1 aromatic rings. The van der Waals surface area contributed by atoms with Gasteiger partial charge in [-0.15, -0.1) is 0 Å². The molecule has 2 N–H and O–H groups in total. The van der Waals surface area contributed by atoms with Gasteiger partial charge < -0.3 is 15.2 Å². The first kappa shape index (κ1) is 12.3. The van der Waals surface area contributed by atoms with E-state index < -0.39 is 0 Å². The van der Waals surface area contributed by atoms with Crippen LogP contribution in [0.3, 0.4) is 0 Å². The number of hydrogen-bond acceptors (Lipinski definition) is 3. The minimum Gasteiger partial charge on any atom is -0.493 e. The van der Waals surface area contributed by atoms with E-state index in [1.54, 1.807) is 7.11 Å². The first-order valence-corrected chi connectivity index (χ1v) is 5.61. The lowest BCUT2D eigenvalue weighted by Crippen LogP contribution is -2.08. The highest BCUT2D eigenvalue weighted by atomic mass is 79.9. The maximum Gasteiger partial charge on any atom is 0.161 e. The van der Waals surface area contributed by atoms with Gasteiger partial charge in [-0.3, -0.25) is 0 Å². The number of nitrogens with two attached hydrogens (primary N) is 1. The number of hydrogen-bond donors (Lipinski definition) is 1. The Balaban J connectivity index is 3.10. The zero-order valence-corrected chi connectivity index (χ0v) is 10.8. The van der Waals surface area contributed by atoms with Gasteiger partial charge in [0.05, 0.1) is 13.2 Å². The van der Waals surface area contributed by atoms with Gasteiger partial charge in [0.2, 0.25) is 0 Å². The molecule has 0 unspecified atom stereocenters. The highest BCUT2D eigenvalue weighted by Crippen LogP contribution is 2.33. The van der Waals surface area contributed by atoms with Crippen LogP contribution in [0.2, 0.25) is 0 Å². The minimum atomic E-state index is 0.116. The van der Waals surface area contributed by atoms with Gasteiger partial charge in [0, 0.05) is 11.0 Å². The molecule has 0 aromatic heterocycles. The van der Waals surface area contributed by atoms with Crippen molar-refractivity contribution in [2.45, 2.75) is 26.5 Å². The molecule has 0 bridgehead atoms. The Hall–Kier alpha value is -0.740. The molecule has 0 aliphatic carbocycles. The van der Waals surface area contributed by atoms with Crippen LogP contribution < -0.4 is 15.2 Å². The second-order valence-corrected chi connectivity index (χ2v) is 4.32. The molecule has 4 heteroatoms. The highest BCUT2D eigenvalue weighted by molar-refractivity contribution is 9.10. The Morgan fingerprint density at radius 1 is 1.33 bits per heavy atom. The van der Waals surface area contributed by atoms with E-state index >= 15 is 0 Å². The molecule has 0 heterocycles. The van der Waals surface area contributed by atoms with Crippen molar-refractivity contribution >= 4 is 15.9 Å². The van der Waals surface area contributed by atoms with Gasteiger partial charge in [-0.1, -0.05) is 15.9 Å². The molecule has 1 rings (SSSR count). The van der Waals surface area contributed by atoms with E-state index in [0.717, 1.165) is 15.8 Å². The SMILES string of the molecule is COc1cc(Br)c(CN)cc1OC(C)C. The number of ether oxygens (including phenoxy) is 2. The average molecular weight is 274 g/mol. The third-order valence-electron chi connectivity index (χ3n) is 1.92. The predicted octanol–water partition coefficient (Wildman–Crippen LogP) is 2.70. The number of benzene rings is 1. The van der Waals surface area contributed by atoms with E-state index in [1.165, 1.54) is 0 Å². The molecule has 1 aromatic carbocycles. The lowest BCUT2D eigenvalue weighted by Gasteiger charge is -2.15. The van der Waals surface area contributed by atoms with E-state index in [9.17, 15) is 0 Å².